The molecule has 1 aliphatic carbocycles. The van der Waals surface area contributed by atoms with E-state index in [4.69, 9.17) is 63.2 Å². The molecule has 5 amide bonds. The summed E-state index contributed by atoms with van der Waals surface area (Å²) in [6.45, 7) is 10.5. The number of phenols is 1. The average Bonchev–Trinajstić information content (AvgIpc) is 1.71. The summed E-state index contributed by atoms with van der Waals surface area (Å²) in [5, 5.41) is 17.3. The molecule has 0 fully saturated rings. The number of carbonyl (C=O) groups excluding carboxylic acids is 6. The second-order valence-corrected chi connectivity index (χ2v) is 36.7. The number of ether oxygens (including phenoxy) is 6. The molecule has 0 saturated carbocycles. The smallest absolute Gasteiger partial charge is 0.410 e. The Bertz CT molecular complexity index is 6840. The molecule has 0 bridgehead atoms. The maximum absolute atomic E-state index is 12.8. The lowest BCUT2D eigenvalue weighted by Crippen LogP contribution is -2.44. The van der Waals surface area contributed by atoms with Crippen molar-refractivity contribution in [2.75, 3.05) is 67.3 Å². The van der Waals surface area contributed by atoms with Crippen molar-refractivity contribution in [3.8, 4) is 17.2 Å². The van der Waals surface area contributed by atoms with E-state index < -0.39 is 12.1 Å². The highest BCUT2D eigenvalue weighted by Crippen LogP contribution is 2.48. The molecule has 0 spiro atoms. The minimum absolute atomic E-state index is 0.0306. The van der Waals surface area contributed by atoms with Crippen LogP contribution in [-0.4, -0.2) is 164 Å². The van der Waals surface area contributed by atoms with Crippen LogP contribution in [-0.2, 0) is 65.4 Å². The zero-order valence-electron chi connectivity index (χ0n) is 72.7. The van der Waals surface area contributed by atoms with Crippen molar-refractivity contribution in [2.45, 2.75) is 96.1 Å². The fourth-order valence-electron chi connectivity index (χ4n) is 19.2. The van der Waals surface area contributed by atoms with E-state index in [-0.39, 0.29) is 78.3 Å². The summed E-state index contributed by atoms with van der Waals surface area (Å²) in [5.74, 6) is 2.04. The van der Waals surface area contributed by atoms with Crippen LogP contribution in [0.5, 0.6) is 17.2 Å². The average molecular weight is 2010 g/mol. The van der Waals surface area contributed by atoms with Gasteiger partial charge in [-0.1, -0.05) is 149 Å². The molecule has 7 aliphatic rings. The number of ketones is 1. The van der Waals surface area contributed by atoms with Crippen LogP contribution in [0.2, 0.25) is 15.1 Å². The summed E-state index contributed by atoms with van der Waals surface area (Å²) in [6, 6.07) is 59.4. The SMILES string of the molecule is CC(=O)N1CCc2c([nH]c3ccc(Br)cc23)C1c1ccc(Br)cc1.CCOC(=O)N1CCc2c([nH]c3ccc(Cl)cc23)C1C1=CC(=O)C2C=CC=CC2O1.CCOC(=O)N1CCc2c([nH]c3ccc(Cl)cc23)C1c1ccc(O)cc1.COC(=O)N1CCc2c([nH]c3ccc(Cl)cc23)C1c1cccc(OC)c1.COc1ccc(C2c3[nH]c4ccc(Br)cc4c3CCN2C(C)=O)cc1. The number of H-pyrrole nitrogens is 5. The zero-order chi connectivity index (χ0) is 91.7. The molecule has 7 atom stereocenters. The Morgan fingerprint density at radius 3 is 1.19 bits per heavy atom. The number of phenolic OH excluding ortho intramolecular Hbond substituents is 1. The molecule has 6 N–H and O–H groups in total. The Balaban J connectivity index is 0.000000115. The normalized spacial score (nSPS) is 18.6. The molecule has 672 valence electrons. The minimum atomic E-state index is -0.566. The van der Waals surface area contributed by atoms with Gasteiger partial charge in [-0.3, -0.25) is 29.1 Å². The molecule has 11 heterocycles. The third-order valence-corrected chi connectivity index (χ3v) is 27.4. The Labute approximate surface area is 796 Å². The van der Waals surface area contributed by atoms with Crippen LogP contribution >= 0.6 is 82.6 Å². The standard InChI is InChI=1S/C23H21ClN2O4.C20H19BrN2O2.2C20H19ClN2O3.C19H16Br2N2O/c1-2-29-23(28)26-10-9-14-16-11-13(24)7-8-17(16)25-21(14)22(26)20-12-18(27)15-5-3-4-6-19(15)30-20;1-12(24)23-10-9-16-17-11-14(21)5-8-18(17)22-19(16)20(23)13-3-6-15(25-2)7-4-13;1-25-14-5-3-4-12(10-14)19-18-15(8-9-23(19)20(24)26-2)16-11-13(21)6-7-17(16)22-18;1-2-26-20(25)23-10-9-15-16-11-13(21)5-8-17(16)22-18(15)19(23)12-3-6-14(24)7-4-12;1-11(24)23-9-8-15-16-10-14(21)6-7-17(16)22-18(15)19(23)12-2-4-13(20)5-3-12/h3-8,11-12,15,19,22,25H,2,9-10H2,1H3;3-8,11,20,22H,9-10H2,1-2H3;3-7,10-11,19,22H,8-9H2,1-2H3;3-8,11,19,22,24H,2,9-10H2,1H3;2-7,10,19,22H,8-9H2,1H3. The molecule has 0 radical (unpaired) electrons. The van der Waals surface area contributed by atoms with Crippen LogP contribution in [0.1, 0.15) is 136 Å². The second-order valence-electron chi connectivity index (χ2n) is 32.7. The van der Waals surface area contributed by atoms with E-state index >= 15 is 0 Å². The topological polar surface area (TPSA) is 273 Å². The van der Waals surface area contributed by atoms with Crippen molar-refractivity contribution in [3.05, 3.63) is 331 Å². The van der Waals surface area contributed by atoms with Crippen molar-refractivity contribution in [1.29, 1.82) is 0 Å². The van der Waals surface area contributed by atoms with Gasteiger partial charge in [0.1, 0.15) is 47.2 Å². The lowest BCUT2D eigenvalue weighted by molar-refractivity contribution is -0.131. The van der Waals surface area contributed by atoms with E-state index in [1.165, 1.54) is 46.2 Å². The molecule has 0 saturated heterocycles. The third-order valence-electron chi connectivity index (χ3n) is 25.1. The summed E-state index contributed by atoms with van der Waals surface area (Å²) in [5.41, 5.74) is 20.3. The monoisotopic (exact) mass is 2010 g/mol. The first kappa shape index (κ1) is 90.8. The third kappa shape index (κ3) is 18.4. The highest BCUT2D eigenvalue weighted by molar-refractivity contribution is 9.11. The van der Waals surface area contributed by atoms with Crippen LogP contribution in [0.15, 0.2) is 238 Å². The second kappa shape index (κ2) is 39.1. The Morgan fingerprint density at radius 2 is 0.771 bits per heavy atom. The van der Waals surface area contributed by atoms with Crippen molar-refractivity contribution in [2.24, 2.45) is 5.92 Å². The van der Waals surface area contributed by atoms with Gasteiger partial charge in [-0.2, -0.15) is 0 Å². The maximum Gasteiger partial charge on any atom is 0.410 e. The number of benzene rings is 9. The molecule has 9 aromatic carbocycles. The van der Waals surface area contributed by atoms with Crippen molar-refractivity contribution >= 4 is 173 Å². The number of hydrogen-bond donors (Lipinski definition) is 6. The van der Waals surface area contributed by atoms with Gasteiger partial charge in [0.2, 0.25) is 11.8 Å². The molecular formula is C102H94Br3Cl3N10O13. The number of hydrogen-bond acceptors (Lipinski definition) is 13. The van der Waals surface area contributed by atoms with Crippen LogP contribution in [0.4, 0.5) is 14.4 Å². The number of nitrogens with zero attached hydrogens (tertiary/aromatic N) is 5. The van der Waals surface area contributed by atoms with Gasteiger partial charge < -0.3 is 68.2 Å². The summed E-state index contributed by atoms with van der Waals surface area (Å²) in [6.07, 6.45) is 11.3. The van der Waals surface area contributed by atoms with E-state index in [1.807, 2.05) is 174 Å². The summed E-state index contributed by atoms with van der Waals surface area (Å²) in [7, 11) is 4.70. The Kier molecular flexibility index (Phi) is 27.1. The van der Waals surface area contributed by atoms with Crippen molar-refractivity contribution in [1.82, 2.24) is 49.4 Å². The van der Waals surface area contributed by atoms with Crippen LogP contribution < -0.4 is 9.47 Å². The first-order chi connectivity index (χ1) is 63.4. The van der Waals surface area contributed by atoms with E-state index in [9.17, 15) is 33.9 Å². The van der Waals surface area contributed by atoms with Gasteiger partial charge in [0.05, 0.1) is 58.2 Å². The highest BCUT2D eigenvalue weighted by atomic mass is 79.9. The number of nitrogens with one attached hydrogen (secondary N) is 5. The highest BCUT2D eigenvalue weighted by Gasteiger charge is 2.44. The number of amides is 5. The number of fused-ring (bicyclic) bond motifs is 16. The van der Waals surface area contributed by atoms with Crippen molar-refractivity contribution < 1.29 is 62.3 Å². The quantitative estimate of drug-likeness (QED) is 0.0735. The number of halogens is 6. The van der Waals surface area contributed by atoms with E-state index in [1.54, 1.807) is 68.7 Å². The zero-order valence-corrected chi connectivity index (χ0v) is 79.7. The molecule has 23 nitrogen and oxygen atoms in total. The maximum atomic E-state index is 12.8. The number of aromatic amines is 5. The van der Waals surface area contributed by atoms with E-state index in [0.29, 0.717) is 53.5 Å². The Morgan fingerprint density at radius 1 is 0.412 bits per heavy atom. The fraction of sp³-hybridized carbons (Fsp3) is 0.255. The molecule has 131 heavy (non-hydrogen) atoms. The fourth-order valence-corrected chi connectivity index (χ4v) is 20.7. The summed E-state index contributed by atoms with van der Waals surface area (Å²) >= 11 is 29.2. The predicted molar refractivity (Wildman–Crippen MR) is 520 cm³/mol. The molecule has 5 aromatic heterocycles. The first-order valence-electron chi connectivity index (χ1n) is 43.2. The number of carbonyl (C=O) groups is 6. The van der Waals surface area contributed by atoms with Gasteiger partial charge in [-0.15, -0.1) is 0 Å². The number of aromatic hydroxyl groups is 1. The number of rotatable bonds is 9. The minimum Gasteiger partial charge on any atom is -0.508 e. The lowest BCUT2D eigenvalue weighted by atomic mass is 9.88. The molecule has 6 aliphatic heterocycles. The number of allylic oxidation sites excluding steroid dienone is 3. The lowest BCUT2D eigenvalue weighted by Gasteiger charge is -2.39. The van der Waals surface area contributed by atoms with E-state index in [0.717, 1.165) is 164 Å². The van der Waals surface area contributed by atoms with Gasteiger partial charge >= 0.3 is 18.3 Å². The number of aromatic nitrogens is 5. The van der Waals surface area contributed by atoms with Gasteiger partial charge in [0.15, 0.2) is 5.78 Å². The molecule has 14 aromatic rings. The molecular weight excluding hydrogens is 1920 g/mol. The van der Waals surface area contributed by atoms with Gasteiger partial charge in [0.25, 0.3) is 0 Å². The molecule has 29 heteroatoms. The van der Waals surface area contributed by atoms with Gasteiger partial charge in [-0.05, 0) is 242 Å². The molecule has 21 rings (SSSR count). The number of methoxy groups -OCH3 is 3. The van der Waals surface area contributed by atoms with Crippen molar-refractivity contribution in [3.63, 3.8) is 0 Å². The Hall–Kier alpha value is -12.2. The summed E-state index contributed by atoms with van der Waals surface area (Å²) in [4.78, 5) is 102. The largest absolute Gasteiger partial charge is 0.508 e. The van der Waals surface area contributed by atoms with Gasteiger partial charge in [0, 0.05) is 158 Å². The van der Waals surface area contributed by atoms with Crippen LogP contribution in [0.25, 0.3) is 54.5 Å². The molecule has 7 unspecified atom stereocenters. The van der Waals surface area contributed by atoms with Crippen LogP contribution in [0.3, 0.4) is 0 Å². The summed E-state index contributed by atoms with van der Waals surface area (Å²) < 4.78 is 35.7. The predicted octanol–water partition coefficient (Wildman–Crippen LogP) is 23.3. The van der Waals surface area contributed by atoms with E-state index in [2.05, 4.69) is 109 Å². The van der Waals surface area contributed by atoms with Crippen LogP contribution in [0, 0.1) is 5.92 Å². The first-order valence-corrected chi connectivity index (χ1v) is 46.8. The van der Waals surface area contributed by atoms with Gasteiger partial charge in [-0.25, -0.2) is 14.4 Å².